The highest BCUT2D eigenvalue weighted by atomic mass is 16.6. The number of benzene rings is 1. The quantitative estimate of drug-likeness (QED) is 0.532. The van der Waals surface area contributed by atoms with E-state index in [0.717, 1.165) is 0 Å². The number of ether oxygens (including phenoxy) is 2. The Morgan fingerprint density at radius 1 is 0.833 bits per heavy atom. The van der Waals surface area contributed by atoms with Crippen LogP contribution >= 0.6 is 0 Å². The topological polar surface area (TPSA) is 105 Å². The Hall–Kier alpha value is -3.42. The molecule has 0 N–H and O–H groups in total. The number of aromatic nitrogens is 2. The average Bonchev–Trinajstić information content (AvgIpc) is 3.18. The molecule has 0 aliphatic carbocycles. The third-order valence-electron chi connectivity index (χ3n) is 2.93. The molecule has 8 nitrogen and oxygen atoms in total. The molecule has 3 rings (SSSR count). The average molecular weight is 328 g/mol. The molecule has 0 amide bonds. The minimum Gasteiger partial charge on any atom is -0.418 e. The van der Waals surface area contributed by atoms with Gasteiger partial charge in [0, 0.05) is 12.1 Å². The molecule has 24 heavy (non-hydrogen) atoms. The van der Waals surface area contributed by atoms with Crippen molar-refractivity contribution in [2.24, 2.45) is 0 Å². The van der Waals surface area contributed by atoms with E-state index in [2.05, 4.69) is 10.3 Å². The minimum atomic E-state index is -0.729. The zero-order chi connectivity index (χ0) is 17.1. The third-order valence-corrected chi connectivity index (χ3v) is 2.93. The van der Waals surface area contributed by atoms with Gasteiger partial charge in [-0.3, -0.25) is 0 Å². The minimum absolute atomic E-state index is 0.0146. The van der Waals surface area contributed by atoms with Crippen molar-refractivity contribution in [1.82, 2.24) is 10.3 Å². The summed E-state index contributed by atoms with van der Waals surface area (Å²) in [6, 6.07) is 9.12. The van der Waals surface area contributed by atoms with Gasteiger partial charge in [-0.05, 0) is 26.0 Å². The second kappa shape index (κ2) is 6.37. The molecule has 0 unspecified atom stereocenters. The van der Waals surface area contributed by atoms with Crippen LogP contribution in [0.4, 0.5) is 0 Å². The lowest BCUT2D eigenvalue weighted by atomic mass is 10.3. The van der Waals surface area contributed by atoms with Gasteiger partial charge in [-0.2, -0.15) is 0 Å². The summed E-state index contributed by atoms with van der Waals surface area (Å²) in [6.45, 7) is 3.30. The molecule has 0 saturated carbocycles. The molecule has 0 atom stereocenters. The summed E-state index contributed by atoms with van der Waals surface area (Å²) in [6.07, 6.45) is 0. The molecule has 2 aromatic heterocycles. The highest BCUT2D eigenvalue weighted by molar-refractivity contribution is 5.91. The maximum Gasteiger partial charge on any atom is 0.366 e. The molecule has 0 aliphatic heterocycles. The van der Waals surface area contributed by atoms with Crippen LogP contribution in [-0.4, -0.2) is 22.3 Å². The van der Waals surface area contributed by atoms with Gasteiger partial charge in [0.25, 0.3) is 0 Å². The fourth-order valence-electron chi connectivity index (χ4n) is 1.85. The number of hydrogen-bond acceptors (Lipinski definition) is 8. The molecular weight excluding hydrogens is 316 g/mol. The number of carbonyl (C=O) groups is 2. The Kier molecular flexibility index (Phi) is 4.11. The third kappa shape index (κ3) is 3.32. The van der Waals surface area contributed by atoms with Gasteiger partial charge >= 0.3 is 11.9 Å². The van der Waals surface area contributed by atoms with E-state index in [4.69, 9.17) is 18.5 Å². The van der Waals surface area contributed by atoms with E-state index in [1.807, 2.05) is 0 Å². The predicted molar refractivity (Wildman–Crippen MR) is 78.8 cm³/mol. The first-order valence-electron chi connectivity index (χ1n) is 6.93. The van der Waals surface area contributed by atoms with E-state index in [-0.39, 0.29) is 22.9 Å². The standard InChI is InChI=1S/C16H12N2O6/c1-9-7-11(17-23-9)15(19)21-13-5-3-4-6-14(13)22-16(20)12-8-10(2)24-18-12/h3-8H,1-2H3. The van der Waals surface area contributed by atoms with Crippen LogP contribution in [0.5, 0.6) is 11.5 Å². The molecule has 3 aromatic rings. The Labute approximate surface area is 135 Å². The lowest BCUT2D eigenvalue weighted by molar-refractivity contribution is 0.0671. The van der Waals surface area contributed by atoms with E-state index >= 15 is 0 Å². The van der Waals surface area contributed by atoms with Gasteiger partial charge in [0.05, 0.1) is 0 Å². The Balaban J connectivity index is 1.78. The first-order valence-corrected chi connectivity index (χ1v) is 6.93. The molecule has 0 saturated heterocycles. The summed E-state index contributed by atoms with van der Waals surface area (Å²) in [5, 5.41) is 7.15. The Morgan fingerprint density at radius 2 is 1.25 bits per heavy atom. The first-order chi connectivity index (χ1) is 11.5. The van der Waals surface area contributed by atoms with Crippen molar-refractivity contribution in [1.29, 1.82) is 0 Å². The van der Waals surface area contributed by atoms with Crippen LogP contribution in [-0.2, 0) is 0 Å². The van der Waals surface area contributed by atoms with Gasteiger partial charge in [-0.15, -0.1) is 0 Å². The van der Waals surface area contributed by atoms with Crippen molar-refractivity contribution in [3.8, 4) is 11.5 Å². The number of para-hydroxylation sites is 2. The molecule has 0 spiro atoms. The summed E-state index contributed by atoms with van der Waals surface area (Å²) < 4.78 is 20.1. The Bertz CT molecular complexity index is 822. The number of aryl methyl sites for hydroxylation is 2. The molecule has 0 fully saturated rings. The van der Waals surface area contributed by atoms with Gasteiger partial charge in [0.1, 0.15) is 11.5 Å². The second-order valence-corrected chi connectivity index (χ2v) is 4.87. The SMILES string of the molecule is Cc1cc(C(=O)Oc2ccccc2OC(=O)c2cc(C)on2)no1. The fraction of sp³-hybridized carbons (Fsp3) is 0.125. The highest BCUT2D eigenvalue weighted by Crippen LogP contribution is 2.28. The van der Waals surface area contributed by atoms with Crippen molar-refractivity contribution in [3.63, 3.8) is 0 Å². The molecule has 8 heteroatoms. The van der Waals surface area contributed by atoms with Crippen LogP contribution in [0.25, 0.3) is 0 Å². The van der Waals surface area contributed by atoms with Crippen molar-refractivity contribution in [2.75, 3.05) is 0 Å². The lowest BCUT2D eigenvalue weighted by Crippen LogP contribution is -2.13. The zero-order valence-corrected chi connectivity index (χ0v) is 12.8. The molecule has 122 valence electrons. The van der Waals surface area contributed by atoms with E-state index in [0.29, 0.717) is 11.5 Å². The largest absolute Gasteiger partial charge is 0.418 e. The van der Waals surface area contributed by atoms with E-state index in [1.54, 1.807) is 26.0 Å². The van der Waals surface area contributed by atoms with Crippen molar-refractivity contribution in [3.05, 3.63) is 59.3 Å². The van der Waals surface area contributed by atoms with Crippen molar-refractivity contribution < 1.29 is 28.1 Å². The van der Waals surface area contributed by atoms with Crippen molar-refractivity contribution >= 4 is 11.9 Å². The van der Waals surface area contributed by atoms with Crippen LogP contribution in [0.1, 0.15) is 32.5 Å². The summed E-state index contributed by atoms with van der Waals surface area (Å²) in [4.78, 5) is 24.1. The Morgan fingerprint density at radius 3 is 1.58 bits per heavy atom. The molecule has 0 aliphatic rings. The molecule has 1 aromatic carbocycles. The van der Waals surface area contributed by atoms with Crippen LogP contribution < -0.4 is 9.47 Å². The summed E-state index contributed by atoms with van der Waals surface area (Å²) in [5.41, 5.74) is 0.0292. The van der Waals surface area contributed by atoms with Gasteiger partial charge < -0.3 is 18.5 Å². The first kappa shape index (κ1) is 15.5. The molecular formula is C16H12N2O6. The number of carbonyl (C=O) groups excluding carboxylic acids is 2. The number of nitrogens with zero attached hydrogens (tertiary/aromatic N) is 2. The van der Waals surface area contributed by atoms with Gasteiger partial charge in [0.2, 0.25) is 0 Å². The summed E-state index contributed by atoms with van der Waals surface area (Å²) in [7, 11) is 0. The van der Waals surface area contributed by atoms with Crippen molar-refractivity contribution in [2.45, 2.75) is 13.8 Å². The van der Waals surface area contributed by atoms with Crippen LogP contribution in [0.3, 0.4) is 0 Å². The predicted octanol–water partition coefficient (Wildman–Crippen LogP) is 2.72. The monoisotopic (exact) mass is 328 g/mol. The van der Waals surface area contributed by atoms with Gasteiger partial charge in [-0.1, -0.05) is 22.4 Å². The normalized spacial score (nSPS) is 10.4. The summed E-state index contributed by atoms with van der Waals surface area (Å²) in [5.74, 6) is -0.375. The maximum absolute atomic E-state index is 12.0. The number of esters is 2. The molecule has 0 bridgehead atoms. The highest BCUT2D eigenvalue weighted by Gasteiger charge is 2.19. The lowest BCUT2D eigenvalue weighted by Gasteiger charge is -2.08. The molecule has 2 heterocycles. The summed E-state index contributed by atoms with van der Waals surface area (Å²) >= 11 is 0. The second-order valence-electron chi connectivity index (χ2n) is 4.87. The van der Waals surface area contributed by atoms with Crippen LogP contribution in [0, 0.1) is 13.8 Å². The van der Waals surface area contributed by atoms with Crippen LogP contribution in [0.2, 0.25) is 0 Å². The zero-order valence-electron chi connectivity index (χ0n) is 12.8. The van der Waals surface area contributed by atoms with Gasteiger partial charge in [-0.25, -0.2) is 9.59 Å². The molecule has 0 radical (unpaired) electrons. The van der Waals surface area contributed by atoms with Gasteiger partial charge in [0.15, 0.2) is 22.9 Å². The van der Waals surface area contributed by atoms with E-state index in [9.17, 15) is 9.59 Å². The number of rotatable bonds is 4. The smallest absolute Gasteiger partial charge is 0.366 e. The fourth-order valence-corrected chi connectivity index (χ4v) is 1.85. The van der Waals surface area contributed by atoms with E-state index in [1.165, 1.54) is 24.3 Å². The van der Waals surface area contributed by atoms with E-state index < -0.39 is 11.9 Å². The maximum atomic E-state index is 12.0. The number of hydrogen-bond donors (Lipinski definition) is 0. The van der Waals surface area contributed by atoms with Crippen LogP contribution in [0.15, 0.2) is 45.4 Å².